The Bertz CT molecular complexity index is 536. The van der Waals surface area contributed by atoms with Crippen molar-refractivity contribution in [3.63, 3.8) is 0 Å². The average Bonchev–Trinajstić information content (AvgIpc) is 2.67. The number of ether oxygens (including phenoxy) is 1. The highest BCUT2D eigenvalue weighted by Gasteiger charge is 2.15. The maximum absolute atomic E-state index is 5.86. The third kappa shape index (κ3) is 2.52. The van der Waals surface area contributed by atoms with E-state index in [0.29, 0.717) is 12.5 Å². The minimum absolute atomic E-state index is 0.264. The van der Waals surface area contributed by atoms with Gasteiger partial charge in [0.2, 0.25) is 0 Å². The van der Waals surface area contributed by atoms with Gasteiger partial charge in [0.05, 0.1) is 23.7 Å². The lowest BCUT2D eigenvalue weighted by Gasteiger charge is -2.16. The van der Waals surface area contributed by atoms with Gasteiger partial charge in [0.15, 0.2) is 0 Å². The van der Waals surface area contributed by atoms with E-state index in [1.54, 1.807) is 7.11 Å². The van der Waals surface area contributed by atoms with Crippen molar-refractivity contribution in [3.05, 3.63) is 29.6 Å². The number of aromatic nitrogens is 2. The topological polar surface area (TPSA) is 27.1 Å². The summed E-state index contributed by atoms with van der Waals surface area (Å²) in [6, 6.07) is 6.59. The van der Waals surface area contributed by atoms with Crippen LogP contribution in [0.1, 0.15) is 24.4 Å². The summed E-state index contributed by atoms with van der Waals surface area (Å²) in [5, 5.41) is 0. The number of halogens is 1. The zero-order chi connectivity index (χ0) is 13.1. The Morgan fingerprint density at radius 1 is 1.44 bits per heavy atom. The van der Waals surface area contributed by atoms with Crippen LogP contribution < -0.4 is 0 Å². The predicted molar refractivity (Wildman–Crippen MR) is 75.5 cm³/mol. The molecule has 0 bridgehead atoms. The van der Waals surface area contributed by atoms with E-state index >= 15 is 0 Å². The number of imidazole rings is 1. The van der Waals surface area contributed by atoms with Gasteiger partial charge in [0.25, 0.3) is 0 Å². The second kappa shape index (κ2) is 5.72. The Balaban J connectivity index is 2.56. The monoisotopic (exact) mass is 266 g/mol. The summed E-state index contributed by atoms with van der Waals surface area (Å²) in [5.74, 6) is 1.62. The number of aryl methyl sites for hydroxylation is 2. The van der Waals surface area contributed by atoms with E-state index in [1.807, 2.05) is 0 Å². The fraction of sp³-hybridized carbons (Fsp3) is 0.500. The molecule has 0 radical (unpaired) electrons. The Labute approximate surface area is 113 Å². The van der Waals surface area contributed by atoms with E-state index in [2.05, 4.69) is 41.6 Å². The standard InChI is InChI=1S/C14H19ClN2O/c1-10-4-5-12-13(8-10)17(11(2)9-18-3)14(16-12)6-7-15/h4-5,8,11H,6-7,9H2,1-3H3. The number of hydrogen-bond donors (Lipinski definition) is 0. The number of nitrogens with zero attached hydrogens (tertiary/aromatic N) is 2. The molecule has 0 fully saturated rings. The SMILES string of the molecule is COCC(C)n1c(CCCl)nc2ccc(C)cc21. The fourth-order valence-electron chi connectivity index (χ4n) is 2.32. The van der Waals surface area contributed by atoms with Gasteiger partial charge in [-0.2, -0.15) is 0 Å². The summed E-state index contributed by atoms with van der Waals surface area (Å²) < 4.78 is 7.50. The summed E-state index contributed by atoms with van der Waals surface area (Å²) in [4.78, 5) is 4.67. The van der Waals surface area contributed by atoms with Gasteiger partial charge in [-0.25, -0.2) is 4.98 Å². The summed E-state index contributed by atoms with van der Waals surface area (Å²) in [6.45, 7) is 4.92. The minimum Gasteiger partial charge on any atom is -0.383 e. The molecule has 0 saturated heterocycles. The third-order valence-corrected chi connectivity index (χ3v) is 3.27. The van der Waals surface area contributed by atoms with E-state index in [1.165, 1.54) is 11.1 Å². The number of benzene rings is 1. The van der Waals surface area contributed by atoms with E-state index in [-0.39, 0.29) is 6.04 Å². The van der Waals surface area contributed by atoms with Crippen molar-refractivity contribution in [3.8, 4) is 0 Å². The molecule has 2 aromatic rings. The molecule has 18 heavy (non-hydrogen) atoms. The minimum atomic E-state index is 0.264. The summed E-state index contributed by atoms with van der Waals surface area (Å²) in [7, 11) is 1.72. The number of fused-ring (bicyclic) bond motifs is 1. The smallest absolute Gasteiger partial charge is 0.111 e. The molecule has 1 aromatic carbocycles. The van der Waals surface area contributed by atoms with E-state index in [4.69, 9.17) is 16.3 Å². The molecule has 3 nitrogen and oxygen atoms in total. The van der Waals surface area contributed by atoms with E-state index in [0.717, 1.165) is 17.8 Å². The highest BCUT2D eigenvalue weighted by Crippen LogP contribution is 2.23. The van der Waals surface area contributed by atoms with Crippen LogP contribution in [-0.4, -0.2) is 29.1 Å². The molecule has 2 rings (SSSR count). The molecular formula is C14H19ClN2O. The summed E-state index contributed by atoms with van der Waals surface area (Å²) in [6.07, 6.45) is 0.781. The molecule has 0 aliphatic rings. The Morgan fingerprint density at radius 2 is 2.22 bits per heavy atom. The zero-order valence-corrected chi connectivity index (χ0v) is 11.9. The fourth-order valence-corrected chi connectivity index (χ4v) is 2.49. The molecule has 98 valence electrons. The van der Waals surface area contributed by atoms with E-state index < -0.39 is 0 Å². The molecule has 1 atom stereocenters. The molecule has 0 aliphatic heterocycles. The maximum Gasteiger partial charge on any atom is 0.111 e. The van der Waals surface area contributed by atoms with Crippen LogP contribution in [0.15, 0.2) is 18.2 Å². The van der Waals surface area contributed by atoms with Crippen molar-refractivity contribution in [2.45, 2.75) is 26.3 Å². The van der Waals surface area contributed by atoms with Crippen LogP contribution in [0.4, 0.5) is 0 Å². The molecule has 0 amide bonds. The normalized spacial score (nSPS) is 13.1. The lowest BCUT2D eigenvalue weighted by Crippen LogP contribution is -2.14. The first-order chi connectivity index (χ1) is 8.67. The average molecular weight is 267 g/mol. The Kier molecular flexibility index (Phi) is 4.25. The largest absolute Gasteiger partial charge is 0.383 e. The van der Waals surface area contributed by atoms with Crippen molar-refractivity contribution in [1.82, 2.24) is 9.55 Å². The maximum atomic E-state index is 5.86. The first-order valence-corrected chi connectivity index (χ1v) is 6.73. The molecular weight excluding hydrogens is 248 g/mol. The zero-order valence-electron chi connectivity index (χ0n) is 11.1. The van der Waals surface area contributed by atoms with Gasteiger partial charge < -0.3 is 9.30 Å². The van der Waals surface area contributed by atoms with Crippen molar-refractivity contribution in [1.29, 1.82) is 0 Å². The van der Waals surface area contributed by atoms with Crippen LogP contribution in [0.3, 0.4) is 0 Å². The van der Waals surface area contributed by atoms with Gasteiger partial charge in [0, 0.05) is 19.4 Å². The van der Waals surface area contributed by atoms with Crippen LogP contribution in [0.25, 0.3) is 11.0 Å². The van der Waals surface area contributed by atoms with Crippen molar-refractivity contribution in [2.75, 3.05) is 19.6 Å². The second-order valence-corrected chi connectivity index (χ2v) is 5.01. The molecule has 4 heteroatoms. The number of methoxy groups -OCH3 is 1. The predicted octanol–water partition coefficient (Wildman–Crippen LogP) is 3.33. The third-order valence-electron chi connectivity index (χ3n) is 3.08. The van der Waals surface area contributed by atoms with Crippen LogP contribution in [-0.2, 0) is 11.2 Å². The van der Waals surface area contributed by atoms with Gasteiger partial charge in [-0.05, 0) is 31.5 Å². The molecule has 1 heterocycles. The lowest BCUT2D eigenvalue weighted by molar-refractivity contribution is 0.162. The van der Waals surface area contributed by atoms with Crippen LogP contribution in [0.5, 0.6) is 0 Å². The van der Waals surface area contributed by atoms with Crippen molar-refractivity contribution in [2.24, 2.45) is 0 Å². The molecule has 0 aliphatic carbocycles. The van der Waals surface area contributed by atoms with Crippen LogP contribution in [0.2, 0.25) is 0 Å². The molecule has 1 unspecified atom stereocenters. The van der Waals surface area contributed by atoms with Crippen molar-refractivity contribution >= 4 is 22.6 Å². The Hall–Kier alpha value is -1.06. The summed E-state index contributed by atoms with van der Waals surface area (Å²) >= 11 is 5.86. The van der Waals surface area contributed by atoms with Crippen LogP contribution in [0, 0.1) is 6.92 Å². The van der Waals surface area contributed by atoms with Crippen LogP contribution >= 0.6 is 11.6 Å². The number of hydrogen-bond acceptors (Lipinski definition) is 2. The Morgan fingerprint density at radius 3 is 2.89 bits per heavy atom. The van der Waals surface area contributed by atoms with Gasteiger partial charge in [0.1, 0.15) is 5.82 Å². The van der Waals surface area contributed by atoms with E-state index in [9.17, 15) is 0 Å². The van der Waals surface area contributed by atoms with Crippen molar-refractivity contribution < 1.29 is 4.74 Å². The van der Waals surface area contributed by atoms with Gasteiger partial charge in [-0.3, -0.25) is 0 Å². The molecule has 0 N–H and O–H groups in total. The lowest BCUT2D eigenvalue weighted by atomic mass is 10.2. The molecule has 0 spiro atoms. The first kappa shape index (κ1) is 13.4. The van der Waals surface area contributed by atoms with Gasteiger partial charge in [-0.15, -0.1) is 11.6 Å². The second-order valence-electron chi connectivity index (χ2n) is 4.63. The first-order valence-electron chi connectivity index (χ1n) is 6.19. The van der Waals surface area contributed by atoms with Gasteiger partial charge in [-0.1, -0.05) is 6.07 Å². The highest BCUT2D eigenvalue weighted by molar-refractivity contribution is 6.17. The quantitative estimate of drug-likeness (QED) is 0.776. The number of alkyl halides is 1. The van der Waals surface area contributed by atoms with Gasteiger partial charge >= 0.3 is 0 Å². The summed E-state index contributed by atoms with van der Waals surface area (Å²) in [5.41, 5.74) is 3.44. The molecule has 1 aromatic heterocycles. The highest BCUT2D eigenvalue weighted by atomic mass is 35.5. The number of rotatable bonds is 5. The molecule has 0 saturated carbocycles.